The molecule has 0 aliphatic carbocycles. The first kappa shape index (κ1) is 13.9. The van der Waals surface area contributed by atoms with Gasteiger partial charge in [-0.05, 0) is 26.0 Å². The van der Waals surface area contributed by atoms with Gasteiger partial charge in [-0.1, -0.05) is 0 Å². The molecule has 0 aromatic carbocycles. The molecule has 2 aromatic heterocycles. The van der Waals surface area contributed by atoms with Gasteiger partial charge in [0.15, 0.2) is 0 Å². The molecule has 0 atom stereocenters. The van der Waals surface area contributed by atoms with Gasteiger partial charge in [-0.3, -0.25) is 0 Å². The molecule has 0 saturated carbocycles. The molecule has 0 spiro atoms. The third-order valence-corrected chi connectivity index (χ3v) is 4.16. The van der Waals surface area contributed by atoms with Crippen LogP contribution in [0.3, 0.4) is 0 Å². The molecule has 3 N–H and O–H groups in total. The molecule has 0 aliphatic heterocycles. The van der Waals surface area contributed by atoms with E-state index in [1.54, 1.807) is 26.0 Å². The lowest BCUT2D eigenvalue weighted by molar-refractivity contribution is 0.471. The second-order valence-corrected chi connectivity index (χ2v) is 5.91. The molecule has 0 fully saturated rings. The number of nitrogens with two attached hydrogens (primary N) is 1. The van der Waals surface area contributed by atoms with Crippen molar-refractivity contribution in [3.05, 3.63) is 41.2 Å². The lowest BCUT2D eigenvalue weighted by Gasteiger charge is -2.03. The molecular weight excluding hydrogens is 268 g/mol. The standard InChI is InChI=1S/C12H16N2O4S/c1-8-3-4-10(17-8)7-14-19(15,16)12-5-11(6-13)18-9(12)2/h3-5,14H,6-7,13H2,1-2H3. The Balaban J connectivity index is 2.15. The van der Waals surface area contributed by atoms with Crippen LogP contribution < -0.4 is 10.5 Å². The summed E-state index contributed by atoms with van der Waals surface area (Å²) in [6.45, 7) is 3.64. The smallest absolute Gasteiger partial charge is 0.244 e. The van der Waals surface area contributed by atoms with Crippen LogP contribution >= 0.6 is 0 Å². The predicted molar refractivity (Wildman–Crippen MR) is 68.8 cm³/mol. The molecule has 2 aromatic rings. The van der Waals surface area contributed by atoms with Gasteiger partial charge in [0, 0.05) is 6.07 Å². The predicted octanol–water partition coefficient (Wildman–Crippen LogP) is 1.43. The van der Waals surface area contributed by atoms with Gasteiger partial charge in [0.05, 0.1) is 13.1 Å². The van der Waals surface area contributed by atoms with E-state index < -0.39 is 10.0 Å². The highest BCUT2D eigenvalue weighted by Crippen LogP contribution is 2.20. The maximum absolute atomic E-state index is 12.1. The Hall–Kier alpha value is -1.57. The number of nitrogens with one attached hydrogen (secondary N) is 1. The number of hydrogen-bond donors (Lipinski definition) is 2. The highest BCUT2D eigenvalue weighted by molar-refractivity contribution is 7.89. The molecular formula is C12H16N2O4S. The van der Waals surface area contributed by atoms with Crippen molar-refractivity contribution < 1.29 is 17.3 Å². The first-order valence-electron chi connectivity index (χ1n) is 5.77. The van der Waals surface area contributed by atoms with Gasteiger partial charge in [-0.15, -0.1) is 0 Å². The van der Waals surface area contributed by atoms with Crippen LogP contribution in [-0.4, -0.2) is 8.42 Å². The first-order valence-corrected chi connectivity index (χ1v) is 7.25. The third-order valence-electron chi connectivity index (χ3n) is 2.65. The molecule has 104 valence electrons. The molecule has 6 nitrogen and oxygen atoms in total. The van der Waals surface area contributed by atoms with Crippen LogP contribution in [0.25, 0.3) is 0 Å². The molecule has 0 saturated heterocycles. The van der Waals surface area contributed by atoms with E-state index in [0.717, 1.165) is 5.76 Å². The third kappa shape index (κ3) is 3.06. The van der Waals surface area contributed by atoms with Crippen molar-refractivity contribution in [1.29, 1.82) is 0 Å². The Morgan fingerprint density at radius 1 is 1.21 bits per heavy atom. The SMILES string of the molecule is Cc1ccc(CNS(=O)(=O)c2cc(CN)oc2C)o1. The molecule has 2 heterocycles. The van der Waals surface area contributed by atoms with E-state index in [2.05, 4.69) is 4.72 Å². The average molecular weight is 284 g/mol. The molecule has 0 amide bonds. The van der Waals surface area contributed by atoms with Gasteiger partial charge in [0.1, 0.15) is 27.9 Å². The van der Waals surface area contributed by atoms with Crippen molar-refractivity contribution in [1.82, 2.24) is 4.72 Å². The van der Waals surface area contributed by atoms with Crippen molar-refractivity contribution >= 4 is 10.0 Å². The van der Waals surface area contributed by atoms with Crippen LogP contribution in [0.2, 0.25) is 0 Å². The minimum atomic E-state index is -3.63. The molecule has 19 heavy (non-hydrogen) atoms. The summed E-state index contributed by atoms with van der Waals surface area (Å²) in [7, 11) is -3.63. The Morgan fingerprint density at radius 3 is 2.47 bits per heavy atom. The summed E-state index contributed by atoms with van der Waals surface area (Å²) < 4.78 is 37.2. The number of sulfonamides is 1. The summed E-state index contributed by atoms with van der Waals surface area (Å²) in [5.41, 5.74) is 5.42. The van der Waals surface area contributed by atoms with Crippen molar-refractivity contribution in [3.8, 4) is 0 Å². The van der Waals surface area contributed by atoms with E-state index in [-0.39, 0.29) is 18.0 Å². The van der Waals surface area contributed by atoms with E-state index in [4.69, 9.17) is 14.6 Å². The van der Waals surface area contributed by atoms with Crippen LogP contribution in [0.4, 0.5) is 0 Å². The molecule has 0 bridgehead atoms. The van der Waals surface area contributed by atoms with Crippen LogP contribution in [0, 0.1) is 13.8 Å². The number of furan rings is 2. The topological polar surface area (TPSA) is 98.5 Å². The molecule has 2 rings (SSSR count). The van der Waals surface area contributed by atoms with E-state index >= 15 is 0 Å². The van der Waals surface area contributed by atoms with E-state index in [0.29, 0.717) is 17.3 Å². The summed E-state index contributed by atoms with van der Waals surface area (Å²) in [4.78, 5) is 0.108. The fourth-order valence-electron chi connectivity index (χ4n) is 1.72. The summed E-state index contributed by atoms with van der Waals surface area (Å²) in [6, 6.07) is 4.94. The van der Waals surface area contributed by atoms with Gasteiger partial charge in [0.25, 0.3) is 0 Å². The number of aryl methyl sites for hydroxylation is 2. The summed E-state index contributed by atoms with van der Waals surface area (Å²) >= 11 is 0. The minimum Gasteiger partial charge on any atom is -0.465 e. The average Bonchev–Trinajstić information content (AvgIpc) is 2.93. The summed E-state index contributed by atoms with van der Waals surface area (Å²) in [6.07, 6.45) is 0. The van der Waals surface area contributed by atoms with Crippen LogP contribution in [-0.2, 0) is 23.1 Å². The van der Waals surface area contributed by atoms with E-state index in [9.17, 15) is 8.42 Å². The van der Waals surface area contributed by atoms with Crippen LogP contribution in [0.1, 0.15) is 23.0 Å². The monoisotopic (exact) mass is 284 g/mol. The zero-order chi connectivity index (χ0) is 14.0. The van der Waals surface area contributed by atoms with Crippen molar-refractivity contribution in [2.24, 2.45) is 5.73 Å². The fourth-order valence-corrected chi connectivity index (χ4v) is 2.91. The second kappa shape index (κ2) is 5.20. The maximum atomic E-state index is 12.1. The zero-order valence-corrected chi connectivity index (χ0v) is 11.6. The normalized spacial score (nSPS) is 11.9. The van der Waals surface area contributed by atoms with Gasteiger partial charge in [-0.2, -0.15) is 0 Å². The lowest BCUT2D eigenvalue weighted by atomic mass is 10.4. The van der Waals surface area contributed by atoms with Gasteiger partial charge >= 0.3 is 0 Å². The van der Waals surface area contributed by atoms with E-state index in [1.165, 1.54) is 6.07 Å². The van der Waals surface area contributed by atoms with Crippen molar-refractivity contribution in [2.45, 2.75) is 31.8 Å². The highest BCUT2D eigenvalue weighted by atomic mass is 32.2. The lowest BCUT2D eigenvalue weighted by Crippen LogP contribution is -2.23. The number of rotatable bonds is 5. The Labute approximate surface area is 111 Å². The molecule has 0 radical (unpaired) electrons. The second-order valence-electron chi connectivity index (χ2n) is 4.17. The Kier molecular flexibility index (Phi) is 3.79. The largest absolute Gasteiger partial charge is 0.465 e. The van der Waals surface area contributed by atoms with Gasteiger partial charge < -0.3 is 14.6 Å². The fraction of sp³-hybridized carbons (Fsp3) is 0.333. The van der Waals surface area contributed by atoms with Gasteiger partial charge in [0.2, 0.25) is 10.0 Å². The van der Waals surface area contributed by atoms with Crippen LogP contribution in [0.5, 0.6) is 0 Å². The summed E-state index contributed by atoms with van der Waals surface area (Å²) in [5, 5.41) is 0. The molecule has 0 aliphatic rings. The Morgan fingerprint density at radius 2 is 1.95 bits per heavy atom. The van der Waals surface area contributed by atoms with Crippen LogP contribution in [0.15, 0.2) is 31.9 Å². The molecule has 7 heteroatoms. The minimum absolute atomic E-state index is 0.0960. The zero-order valence-electron chi connectivity index (χ0n) is 10.8. The van der Waals surface area contributed by atoms with Crippen molar-refractivity contribution in [2.75, 3.05) is 0 Å². The van der Waals surface area contributed by atoms with E-state index in [1.807, 2.05) is 0 Å². The highest BCUT2D eigenvalue weighted by Gasteiger charge is 2.21. The quantitative estimate of drug-likeness (QED) is 0.865. The summed E-state index contributed by atoms with van der Waals surface area (Å²) in [5.74, 6) is 2.05. The maximum Gasteiger partial charge on any atom is 0.244 e. The van der Waals surface area contributed by atoms with Gasteiger partial charge in [-0.25, -0.2) is 13.1 Å². The number of hydrogen-bond acceptors (Lipinski definition) is 5. The Bertz CT molecular complexity index is 670. The van der Waals surface area contributed by atoms with Crippen molar-refractivity contribution in [3.63, 3.8) is 0 Å². The molecule has 0 unspecified atom stereocenters. The first-order chi connectivity index (χ1) is 8.92.